The molecule has 2 aromatic carbocycles. The molecule has 2 nitrogen and oxygen atoms in total. The van der Waals surface area contributed by atoms with Gasteiger partial charge >= 0.3 is 0 Å². The summed E-state index contributed by atoms with van der Waals surface area (Å²) >= 11 is 0. The zero-order valence-electron chi connectivity index (χ0n) is 11.3. The Balaban J connectivity index is 2.49. The lowest BCUT2D eigenvalue weighted by Crippen LogP contribution is -2.31. The molecular weight excluding hydrogens is 222 g/mol. The highest BCUT2D eigenvalue weighted by Crippen LogP contribution is 2.27. The highest BCUT2D eigenvalue weighted by atomic mass is 16.5. The van der Waals surface area contributed by atoms with Crippen LogP contribution in [0.5, 0.6) is 0 Å². The first-order chi connectivity index (χ1) is 8.77. The number of likely N-dealkylation sites (N-methyl/N-ethyl adjacent to an activating group) is 1. The predicted molar refractivity (Wildman–Crippen MR) is 76.8 cm³/mol. The smallest absolute Gasteiger partial charge is 0.0738 e. The van der Waals surface area contributed by atoms with Crippen LogP contribution in [0.25, 0.3) is 10.8 Å². The predicted octanol–water partition coefficient (Wildman–Crippen LogP) is 3.53. The second-order valence-electron chi connectivity index (χ2n) is 4.54. The van der Waals surface area contributed by atoms with Gasteiger partial charge in [0, 0.05) is 7.11 Å². The lowest BCUT2D eigenvalue weighted by molar-refractivity contribution is 0.0840. The molecule has 96 valence electrons. The maximum Gasteiger partial charge on any atom is 0.0738 e. The summed E-state index contributed by atoms with van der Waals surface area (Å²) in [5.41, 5.74) is 1.31. The van der Waals surface area contributed by atoms with E-state index in [0.717, 1.165) is 6.54 Å². The number of ether oxygens (including phenoxy) is 1. The van der Waals surface area contributed by atoms with Crippen molar-refractivity contribution in [1.29, 1.82) is 0 Å². The van der Waals surface area contributed by atoms with Crippen molar-refractivity contribution in [3.05, 3.63) is 48.0 Å². The van der Waals surface area contributed by atoms with E-state index in [9.17, 15) is 0 Å². The van der Waals surface area contributed by atoms with E-state index in [1.54, 1.807) is 7.11 Å². The normalized spacial score (nSPS) is 14.6. The van der Waals surface area contributed by atoms with E-state index in [-0.39, 0.29) is 12.1 Å². The van der Waals surface area contributed by atoms with Crippen LogP contribution in [0.3, 0.4) is 0 Å². The van der Waals surface area contributed by atoms with Gasteiger partial charge in [0.15, 0.2) is 0 Å². The van der Waals surface area contributed by atoms with Crippen molar-refractivity contribution >= 4 is 10.8 Å². The van der Waals surface area contributed by atoms with Gasteiger partial charge in [-0.1, -0.05) is 49.4 Å². The molecule has 0 saturated carbocycles. The first-order valence-corrected chi connectivity index (χ1v) is 6.51. The molecule has 0 aliphatic heterocycles. The minimum atomic E-state index is 0.149. The highest BCUT2D eigenvalue weighted by Gasteiger charge is 2.19. The summed E-state index contributed by atoms with van der Waals surface area (Å²) in [4.78, 5) is 0. The number of hydrogen-bond acceptors (Lipinski definition) is 2. The number of nitrogens with one attached hydrogen (secondary N) is 1. The van der Waals surface area contributed by atoms with Gasteiger partial charge < -0.3 is 10.1 Å². The first-order valence-electron chi connectivity index (χ1n) is 6.51. The number of rotatable bonds is 5. The molecular formula is C16H21NO. The minimum Gasteiger partial charge on any atom is -0.380 e. The van der Waals surface area contributed by atoms with Crippen LogP contribution in [0.1, 0.15) is 25.5 Å². The molecule has 0 spiro atoms. The summed E-state index contributed by atoms with van der Waals surface area (Å²) in [6.45, 7) is 5.16. The van der Waals surface area contributed by atoms with Crippen molar-refractivity contribution in [2.45, 2.75) is 26.0 Å². The van der Waals surface area contributed by atoms with E-state index in [1.165, 1.54) is 16.3 Å². The van der Waals surface area contributed by atoms with Crippen molar-refractivity contribution in [2.24, 2.45) is 0 Å². The van der Waals surface area contributed by atoms with Crippen molar-refractivity contribution < 1.29 is 4.74 Å². The molecule has 0 amide bonds. The van der Waals surface area contributed by atoms with Gasteiger partial charge in [-0.25, -0.2) is 0 Å². The van der Waals surface area contributed by atoms with Gasteiger partial charge in [0.2, 0.25) is 0 Å². The molecule has 18 heavy (non-hydrogen) atoms. The maximum absolute atomic E-state index is 5.51. The van der Waals surface area contributed by atoms with E-state index in [1.807, 2.05) is 0 Å². The monoisotopic (exact) mass is 243 g/mol. The molecule has 2 heteroatoms. The van der Waals surface area contributed by atoms with Crippen LogP contribution >= 0.6 is 0 Å². The number of methoxy groups -OCH3 is 1. The quantitative estimate of drug-likeness (QED) is 0.867. The third-order valence-corrected chi connectivity index (χ3v) is 3.42. The Morgan fingerprint density at radius 2 is 1.83 bits per heavy atom. The average Bonchev–Trinajstić information content (AvgIpc) is 2.43. The Kier molecular flexibility index (Phi) is 4.34. The van der Waals surface area contributed by atoms with Crippen molar-refractivity contribution in [3.8, 4) is 0 Å². The van der Waals surface area contributed by atoms with Gasteiger partial charge in [0.05, 0.1) is 12.1 Å². The Bertz CT molecular complexity index is 504. The zero-order valence-corrected chi connectivity index (χ0v) is 11.3. The molecule has 0 fully saturated rings. The molecule has 1 N–H and O–H groups in total. The second-order valence-corrected chi connectivity index (χ2v) is 4.54. The summed E-state index contributed by atoms with van der Waals surface area (Å²) in [7, 11) is 1.76. The van der Waals surface area contributed by atoms with Crippen LogP contribution in [-0.2, 0) is 4.74 Å². The third-order valence-electron chi connectivity index (χ3n) is 3.42. The SMILES string of the molecule is CCNC(c1cccc2ccccc12)C(C)OC. The van der Waals surface area contributed by atoms with Crippen LogP contribution in [0.15, 0.2) is 42.5 Å². The van der Waals surface area contributed by atoms with Gasteiger partial charge in [-0.15, -0.1) is 0 Å². The lowest BCUT2D eigenvalue weighted by atomic mass is 9.95. The van der Waals surface area contributed by atoms with Crippen LogP contribution in [-0.4, -0.2) is 19.8 Å². The van der Waals surface area contributed by atoms with E-state index in [0.29, 0.717) is 0 Å². The molecule has 2 atom stereocenters. The molecule has 0 aliphatic rings. The van der Waals surface area contributed by atoms with Crippen molar-refractivity contribution in [2.75, 3.05) is 13.7 Å². The molecule has 2 rings (SSSR count). The summed E-state index contributed by atoms with van der Waals surface area (Å²) < 4.78 is 5.51. The summed E-state index contributed by atoms with van der Waals surface area (Å²) in [5, 5.41) is 6.10. The van der Waals surface area contributed by atoms with Crippen LogP contribution < -0.4 is 5.32 Å². The third kappa shape index (κ3) is 2.55. The fourth-order valence-electron chi connectivity index (χ4n) is 2.41. The standard InChI is InChI=1S/C16H21NO/c1-4-17-16(12(2)18-3)15-11-7-9-13-8-5-6-10-14(13)15/h5-12,16-17H,4H2,1-3H3. The van der Waals surface area contributed by atoms with Gasteiger partial charge in [0.25, 0.3) is 0 Å². The fourth-order valence-corrected chi connectivity index (χ4v) is 2.41. The summed E-state index contributed by atoms with van der Waals surface area (Å²) in [5.74, 6) is 0. The molecule has 2 unspecified atom stereocenters. The van der Waals surface area contributed by atoms with E-state index >= 15 is 0 Å². The topological polar surface area (TPSA) is 21.3 Å². The number of hydrogen-bond donors (Lipinski definition) is 1. The maximum atomic E-state index is 5.51. The van der Waals surface area contributed by atoms with Crippen LogP contribution in [0.4, 0.5) is 0 Å². The molecule has 0 aliphatic carbocycles. The van der Waals surface area contributed by atoms with Crippen LogP contribution in [0.2, 0.25) is 0 Å². The minimum absolute atomic E-state index is 0.149. The molecule has 0 aromatic heterocycles. The average molecular weight is 243 g/mol. The van der Waals surface area contributed by atoms with Gasteiger partial charge in [-0.2, -0.15) is 0 Å². The van der Waals surface area contributed by atoms with Crippen molar-refractivity contribution in [1.82, 2.24) is 5.32 Å². The molecule has 0 radical (unpaired) electrons. The molecule has 0 saturated heterocycles. The van der Waals surface area contributed by atoms with E-state index in [4.69, 9.17) is 4.74 Å². The van der Waals surface area contributed by atoms with E-state index < -0.39 is 0 Å². The molecule has 0 heterocycles. The lowest BCUT2D eigenvalue weighted by Gasteiger charge is -2.25. The van der Waals surface area contributed by atoms with Gasteiger partial charge in [-0.3, -0.25) is 0 Å². The van der Waals surface area contributed by atoms with Gasteiger partial charge in [-0.05, 0) is 29.8 Å². The Labute approximate surface area is 109 Å². The fraction of sp³-hybridized carbons (Fsp3) is 0.375. The zero-order chi connectivity index (χ0) is 13.0. The van der Waals surface area contributed by atoms with Crippen LogP contribution in [0, 0.1) is 0 Å². The number of fused-ring (bicyclic) bond motifs is 1. The summed E-state index contributed by atoms with van der Waals surface area (Å²) in [6.07, 6.45) is 0.149. The summed E-state index contributed by atoms with van der Waals surface area (Å²) in [6, 6.07) is 15.2. The largest absolute Gasteiger partial charge is 0.380 e. The van der Waals surface area contributed by atoms with Gasteiger partial charge in [0.1, 0.15) is 0 Å². The van der Waals surface area contributed by atoms with Crippen molar-refractivity contribution in [3.63, 3.8) is 0 Å². The second kappa shape index (κ2) is 5.98. The Hall–Kier alpha value is -1.38. The Morgan fingerprint density at radius 1 is 1.11 bits per heavy atom. The first kappa shape index (κ1) is 13.1. The highest BCUT2D eigenvalue weighted by molar-refractivity contribution is 5.86. The number of benzene rings is 2. The van der Waals surface area contributed by atoms with E-state index in [2.05, 4.69) is 61.6 Å². The Morgan fingerprint density at radius 3 is 2.56 bits per heavy atom. The molecule has 0 bridgehead atoms. The molecule has 2 aromatic rings.